The third-order valence-electron chi connectivity index (χ3n) is 8.97. The zero-order valence-electron chi connectivity index (χ0n) is 25.5. The number of fused-ring (bicyclic) bond motifs is 4. The first-order valence-electron chi connectivity index (χ1n) is 15.9. The van der Waals surface area contributed by atoms with Gasteiger partial charge in [-0.1, -0.05) is 146 Å². The Balaban J connectivity index is 1.36. The van der Waals surface area contributed by atoms with E-state index in [2.05, 4.69) is 133 Å². The van der Waals surface area contributed by atoms with Crippen molar-refractivity contribution >= 4 is 44.4 Å². The molecule has 0 spiro atoms. The van der Waals surface area contributed by atoms with Gasteiger partial charge in [-0.2, -0.15) is 0 Å². The summed E-state index contributed by atoms with van der Waals surface area (Å²) in [4.78, 5) is 10.6. The Kier molecular flexibility index (Phi) is 6.50. The molecule has 0 fully saturated rings. The van der Waals surface area contributed by atoms with Gasteiger partial charge in [-0.05, 0) is 56.8 Å². The maximum Gasteiger partial charge on any atom is 0.160 e. The Morgan fingerprint density at radius 1 is 0.468 bits per heavy atom. The van der Waals surface area contributed by atoms with E-state index in [0.717, 1.165) is 55.6 Å². The number of para-hydroxylation sites is 1. The number of amidine groups is 2. The maximum atomic E-state index is 6.44. The van der Waals surface area contributed by atoms with Gasteiger partial charge >= 0.3 is 0 Å². The van der Waals surface area contributed by atoms with Crippen molar-refractivity contribution in [2.45, 2.75) is 6.17 Å². The first-order valence-corrected chi connectivity index (χ1v) is 15.9. The first kappa shape index (κ1) is 27.1. The molecule has 4 nitrogen and oxygen atoms in total. The van der Waals surface area contributed by atoms with Crippen molar-refractivity contribution in [1.29, 1.82) is 0 Å². The van der Waals surface area contributed by atoms with Crippen LogP contribution >= 0.6 is 0 Å². The summed E-state index contributed by atoms with van der Waals surface area (Å²) >= 11 is 0. The molecule has 1 unspecified atom stereocenters. The minimum atomic E-state index is -0.322. The predicted molar refractivity (Wildman–Crippen MR) is 194 cm³/mol. The van der Waals surface area contributed by atoms with Gasteiger partial charge in [-0.15, -0.1) is 0 Å². The summed E-state index contributed by atoms with van der Waals surface area (Å²) in [5.41, 5.74) is 9.25. The summed E-state index contributed by atoms with van der Waals surface area (Å²) in [5.74, 6) is 1.45. The Hall–Kier alpha value is -6.26. The third kappa shape index (κ3) is 4.70. The lowest BCUT2D eigenvalue weighted by atomic mass is 9.88. The van der Waals surface area contributed by atoms with Crippen LogP contribution in [0.25, 0.3) is 55.0 Å². The number of aliphatic imine (C=N–C) groups is 2. The molecular formula is C43H29N3O. The number of rotatable bonds is 5. The Labute approximate surface area is 272 Å². The number of nitrogens with one attached hydrogen (secondary N) is 1. The lowest BCUT2D eigenvalue weighted by Crippen LogP contribution is -2.33. The predicted octanol–water partition coefficient (Wildman–Crippen LogP) is 10.6. The molecule has 9 rings (SSSR count). The van der Waals surface area contributed by atoms with Crippen LogP contribution in [0.3, 0.4) is 0 Å². The standard InChI is InChI=1S/C43H29N3O/c1-4-14-28(15-5-1)31-24-25-34(33-21-11-10-20-32(31)33)35-26-27-38-39(36-22-12-13-23-37(36)47-38)40(35)43-45-41(29-16-6-2-7-17-29)44-42(46-43)30-18-8-3-9-19-30/h1-27,41H,(H,44,45,46). The van der Waals surface area contributed by atoms with Crippen LogP contribution in [0.1, 0.15) is 22.9 Å². The Bertz CT molecular complexity index is 2480. The zero-order chi connectivity index (χ0) is 31.2. The topological polar surface area (TPSA) is 49.9 Å². The number of benzene rings is 7. The van der Waals surface area contributed by atoms with Crippen LogP contribution in [0.15, 0.2) is 178 Å². The molecule has 0 saturated heterocycles. The van der Waals surface area contributed by atoms with Gasteiger partial charge in [0.05, 0.1) is 0 Å². The van der Waals surface area contributed by atoms with Gasteiger partial charge < -0.3 is 9.73 Å². The van der Waals surface area contributed by atoms with Gasteiger partial charge in [0.25, 0.3) is 0 Å². The smallest absolute Gasteiger partial charge is 0.160 e. The van der Waals surface area contributed by atoms with E-state index in [1.54, 1.807) is 0 Å². The number of hydrogen-bond donors (Lipinski definition) is 1. The number of nitrogens with zero attached hydrogens (tertiary/aromatic N) is 2. The van der Waals surface area contributed by atoms with Gasteiger partial charge in [0.15, 0.2) is 5.84 Å². The summed E-state index contributed by atoms with van der Waals surface area (Å²) in [6, 6.07) is 56.9. The third-order valence-corrected chi connectivity index (χ3v) is 8.97. The van der Waals surface area contributed by atoms with Crippen LogP contribution < -0.4 is 5.32 Å². The molecule has 1 atom stereocenters. The van der Waals surface area contributed by atoms with Crippen LogP contribution in [0.5, 0.6) is 0 Å². The highest BCUT2D eigenvalue weighted by Crippen LogP contribution is 2.42. The second-order valence-corrected chi connectivity index (χ2v) is 11.8. The molecule has 1 aliphatic rings. The molecule has 1 aliphatic heterocycles. The van der Waals surface area contributed by atoms with Crippen molar-refractivity contribution < 1.29 is 4.42 Å². The minimum absolute atomic E-state index is 0.322. The molecule has 222 valence electrons. The molecular weight excluding hydrogens is 574 g/mol. The SMILES string of the molecule is c1ccc(C2=NC(c3c(-c4ccc(-c5ccccc5)c5ccccc45)ccc4oc5ccccc5c34)=NC(c3ccccc3)N2)cc1. The molecule has 8 aromatic rings. The molecule has 0 saturated carbocycles. The molecule has 7 aromatic carbocycles. The summed E-state index contributed by atoms with van der Waals surface area (Å²) in [6.07, 6.45) is -0.322. The number of furan rings is 1. The van der Waals surface area contributed by atoms with Gasteiger partial charge in [-0.25, -0.2) is 9.98 Å². The fourth-order valence-electron chi connectivity index (χ4n) is 6.79. The van der Waals surface area contributed by atoms with Crippen LogP contribution in [0.4, 0.5) is 0 Å². The molecule has 0 aliphatic carbocycles. The van der Waals surface area contributed by atoms with Gasteiger partial charge in [0.2, 0.25) is 0 Å². The average Bonchev–Trinajstić information content (AvgIpc) is 3.54. The maximum absolute atomic E-state index is 6.44. The molecule has 0 bridgehead atoms. The lowest BCUT2D eigenvalue weighted by Gasteiger charge is -2.25. The largest absolute Gasteiger partial charge is 0.456 e. The van der Waals surface area contributed by atoms with E-state index in [-0.39, 0.29) is 6.17 Å². The second-order valence-electron chi connectivity index (χ2n) is 11.8. The van der Waals surface area contributed by atoms with Crippen molar-refractivity contribution in [1.82, 2.24) is 5.32 Å². The van der Waals surface area contributed by atoms with Crippen molar-refractivity contribution in [3.05, 3.63) is 180 Å². The molecule has 0 amide bonds. The van der Waals surface area contributed by atoms with Crippen LogP contribution in [0, 0.1) is 0 Å². The summed E-state index contributed by atoms with van der Waals surface area (Å²) < 4.78 is 6.44. The van der Waals surface area contributed by atoms with E-state index in [9.17, 15) is 0 Å². The fourth-order valence-corrected chi connectivity index (χ4v) is 6.79. The molecule has 47 heavy (non-hydrogen) atoms. The Morgan fingerprint density at radius 3 is 1.79 bits per heavy atom. The molecule has 2 heterocycles. The summed E-state index contributed by atoms with van der Waals surface area (Å²) in [7, 11) is 0. The van der Waals surface area contributed by atoms with Crippen LogP contribution in [-0.2, 0) is 0 Å². The highest BCUT2D eigenvalue weighted by atomic mass is 16.3. The van der Waals surface area contributed by atoms with E-state index in [1.165, 1.54) is 21.9 Å². The molecule has 1 aromatic heterocycles. The van der Waals surface area contributed by atoms with Crippen molar-refractivity contribution in [2.24, 2.45) is 9.98 Å². The van der Waals surface area contributed by atoms with Gasteiger partial charge in [-0.3, -0.25) is 0 Å². The van der Waals surface area contributed by atoms with E-state index >= 15 is 0 Å². The fraction of sp³-hybridized carbons (Fsp3) is 0.0233. The molecule has 1 N–H and O–H groups in total. The van der Waals surface area contributed by atoms with Gasteiger partial charge in [0, 0.05) is 21.9 Å². The quantitative estimate of drug-likeness (QED) is 0.213. The van der Waals surface area contributed by atoms with Crippen molar-refractivity contribution in [2.75, 3.05) is 0 Å². The molecule has 4 heteroatoms. The lowest BCUT2D eigenvalue weighted by molar-refractivity contribution is 0.668. The van der Waals surface area contributed by atoms with Gasteiger partial charge in [0.1, 0.15) is 23.2 Å². The van der Waals surface area contributed by atoms with E-state index in [4.69, 9.17) is 14.4 Å². The number of hydrogen-bond acceptors (Lipinski definition) is 4. The monoisotopic (exact) mass is 603 g/mol. The first-order chi connectivity index (χ1) is 23.3. The summed E-state index contributed by atoms with van der Waals surface area (Å²) in [5, 5.41) is 8.04. The average molecular weight is 604 g/mol. The highest BCUT2D eigenvalue weighted by Gasteiger charge is 2.26. The minimum Gasteiger partial charge on any atom is -0.456 e. The van der Waals surface area contributed by atoms with E-state index in [1.807, 2.05) is 36.4 Å². The normalized spacial score (nSPS) is 14.6. The Morgan fingerprint density at radius 2 is 1.04 bits per heavy atom. The summed E-state index contributed by atoms with van der Waals surface area (Å²) in [6.45, 7) is 0. The van der Waals surface area contributed by atoms with E-state index in [0.29, 0.717) is 5.84 Å². The van der Waals surface area contributed by atoms with Crippen LogP contribution in [-0.4, -0.2) is 11.7 Å². The second kappa shape index (κ2) is 11.3. The molecule has 0 radical (unpaired) electrons. The van der Waals surface area contributed by atoms with E-state index < -0.39 is 0 Å². The van der Waals surface area contributed by atoms with Crippen molar-refractivity contribution in [3.8, 4) is 22.3 Å². The van der Waals surface area contributed by atoms with Crippen LogP contribution in [0.2, 0.25) is 0 Å². The van der Waals surface area contributed by atoms with Crippen molar-refractivity contribution in [3.63, 3.8) is 0 Å². The highest BCUT2D eigenvalue weighted by molar-refractivity contribution is 6.25. The zero-order valence-corrected chi connectivity index (χ0v) is 25.5.